The minimum absolute atomic E-state index is 0.107. The van der Waals surface area contributed by atoms with Gasteiger partial charge in [0.2, 0.25) is 0 Å². The molecule has 0 aliphatic carbocycles. The first-order chi connectivity index (χ1) is 8.52. The Kier molecular flexibility index (Phi) is 5.22. The van der Waals surface area contributed by atoms with Gasteiger partial charge >= 0.3 is 5.97 Å². The molecule has 0 aliphatic rings. The largest absolute Gasteiger partial charge is 0.462 e. The zero-order valence-electron chi connectivity index (χ0n) is 10.1. The lowest BCUT2D eigenvalue weighted by Gasteiger charge is -2.11. The second-order valence-electron chi connectivity index (χ2n) is 3.59. The molecule has 0 saturated heterocycles. The van der Waals surface area contributed by atoms with Gasteiger partial charge in [0.1, 0.15) is 0 Å². The van der Waals surface area contributed by atoms with Gasteiger partial charge in [-0.05, 0) is 19.9 Å². The quantitative estimate of drug-likeness (QED) is 0.363. The van der Waals surface area contributed by atoms with Crippen LogP contribution in [0.1, 0.15) is 44.9 Å². The van der Waals surface area contributed by atoms with Crippen molar-refractivity contribution in [2.24, 2.45) is 0 Å². The molecule has 1 aromatic carbocycles. The van der Waals surface area contributed by atoms with Crippen LogP contribution < -0.4 is 0 Å². The van der Waals surface area contributed by atoms with Crippen LogP contribution in [0.3, 0.4) is 0 Å². The Morgan fingerprint density at radius 1 is 1.44 bits per heavy atom. The van der Waals surface area contributed by atoms with Crippen LogP contribution in [-0.2, 0) is 4.74 Å². The smallest absolute Gasteiger partial charge is 0.338 e. The molecule has 1 rings (SSSR count). The van der Waals surface area contributed by atoms with Gasteiger partial charge in [-0.3, -0.25) is 9.59 Å². The molecule has 0 N–H and O–H groups in total. The number of hydrogen-bond acceptors (Lipinski definition) is 4. The highest BCUT2D eigenvalue weighted by Gasteiger charge is 2.23. The van der Waals surface area contributed by atoms with Crippen LogP contribution in [-0.4, -0.2) is 29.5 Å². The number of halogens is 1. The predicted molar refractivity (Wildman–Crippen MR) is 70.5 cm³/mol. The summed E-state index contributed by atoms with van der Waals surface area (Å²) in [6.07, 6.45) is 0.561. The van der Waals surface area contributed by atoms with Gasteiger partial charge in [-0.15, -0.1) is 0 Å². The van der Waals surface area contributed by atoms with E-state index >= 15 is 0 Å². The summed E-state index contributed by atoms with van der Waals surface area (Å²) >= 11 is 3.14. The van der Waals surface area contributed by atoms with E-state index in [0.717, 1.165) is 0 Å². The lowest BCUT2D eigenvalue weighted by Crippen LogP contribution is -2.19. The van der Waals surface area contributed by atoms with Crippen LogP contribution in [0.4, 0.5) is 0 Å². The minimum Gasteiger partial charge on any atom is -0.462 e. The van der Waals surface area contributed by atoms with Crippen LogP contribution in [0.2, 0.25) is 0 Å². The third-order valence-corrected chi connectivity index (χ3v) is 2.74. The topological polar surface area (TPSA) is 60.4 Å². The molecule has 0 heterocycles. The third-order valence-electron chi connectivity index (χ3n) is 2.33. The Labute approximate surface area is 113 Å². The summed E-state index contributed by atoms with van der Waals surface area (Å²) < 4.78 is 4.88. The van der Waals surface area contributed by atoms with Gasteiger partial charge in [0, 0.05) is 11.1 Å². The van der Waals surface area contributed by atoms with E-state index < -0.39 is 10.8 Å². The summed E-state index contributed by atoms with van der Waals surface area (Å²) in [5.41, 5.74) is 0.421. The van der Waals surface area contributed by atoms with Crippen LogP contribution >= 0.6 is 15.9 Å². The van der Waals surface area contributed by atoms with Crippen molar-refractivity contribution in [2.75, 3.05) is 6.61 Å². The molecule has 0 bridgehead atoms. The van der Waals surface area contributed by atoms with Crippen LogP contribution in [0.5, 0.6) is 0 Å². The first-order valence-electron chi connectivity index (χ1n) is 5.46. The summed E-state index contributed by atoms with van der Waals surface area (Å²) in [5.74, 6) is -0.918. The number of carbonyl (C=O) groups excluding carboxylic acids is 3. The van der Waals surface area contributed by atoms with Crippen molar-refractivity contribution >= 4 is 34.0 Å². The maximum Gasteiger partial charge on any atom is 0.338 e. The van der Waals surface area contributed by atoms with E-state index in [4.69, 9.17) is 4.74 Å². The van der Waals surface area contributed by atoms with E-state index in [-0.39, 0.29) is 29.1 Å². The number of alkyl halides is 1. The molecule has 0 amide bonds. The fraction of sp³-hybridized carbons (Fsp3) is 0.308. The van der Waals surface area contributed by atoms with Gasteiger partial charge in [0.25, 0.3) is 0 Å². The number of ether oxygens (including phenoxy) is 1. The SMILES string of the molecule is CCOC(=O)c1cccc(C=O)c1C(=O)C(C)Br. The lowest BCUT2D eigenvalue weighted by atomic mass is 9.96. The number of rotatable bonds is 5. The number of hydrogen-bond donors (Lipinski definition) is 0. The minimum atomic E-state index is -0.599. The van der Waals surface area contributed by atoms with E-state index in [2.05, 4.69) is 15.9 Å². The highest BCUT2D eigenvalue weighted by atomic mass is 79.9. The molecule has 18 heavy (non-hydrogen) atoms. The molecular formula is C13H13BrO4. The second-order valence-corrected chi connectivity index (χ2v) is 4.96. The van der Waals surface area contributed by atoms with E-state index in [0.29, 0.717) is 6.29 Å². The maximum absolute atomic E-state index is 12.0. The third kappa shape index (κ3) is 3.04. The van der Waals surface area contributed by atoms with Crippen molar-refractivity contribution in [1.29, 1.82) is 0 Å². The summed E-state index contributed by atoms with van der Waals surface area (Å²) in [6, 6.07) is 4.53. The van der Waals surface area contributed by atoms with Gasteiger partial charge in [0.05, 0.1) is 17.0 Å². The van der Waals surface area contributed by atoms with Crippen molar-refractivity contribution in [3.05, 3.63) is 34.9 Å². The van der Waals surface area contributed by atoms with E-state index in [1.54, 1.807) is 19.9 Å². The fourth-order valence-corrected chi connectivity index (χ4v) is 1.75. The number of aldehydes is 1. The molecule has 1 atom stereocenters. The molecule has 0 aromatic heterocycles. The second kappa shape index (κ2) is 6.44. The average Bonchev–Trinajstić information content (AvgIpc) is 2.37. The van der Waals surface area contributed by atoms with E-state index in [1.165, 1.54) is 12.1 Å². The number of esters is 1. The van der Waals surface area contributed by atoms with Gasteiger partial charge in [-0.2, -0.15) is 0 Å². The molecule has 1 aromatic rings. The highest BCUT2D eigenvalue weighted by molar-refractivity contribution is 9.10. The molecule has 0 fully saturated rings. The normalized spacial score (nSPS) is 11.7. The monoisotopic (exact) mass is 312 g/mol. The van der Waals surface area contributed by atoms with Crippen LogP contribution in [0.25, 0.3) is 0 Å². The average molecular weight is 313 g/mol. The Morgan fingerprint density at radius 2 is 2.11 bits per heavy atom. The van der Waals surface area contributed by atoms with Crippen molar-refractivity contribution in [2.45, 2.75) is 18.7 Å². The fourth-order valence-electron chi connectivity index (χ4n) is 1.52. The van der Waals surface area contributed by atoms with Crippen LogP contribution in [0, 0.1) is 0 Å². The van der Waals surface area contributed by atoms with Gasteiger partial charge in [0.15, 0.2) is 12.1 Å². The van der Waals surface area contributed by atoms with Crippen LogP contribution in [0.15, 0.2) is 18.2 Å². The Balaban J connectivity index is 3.38. The van der Waals surface area contributed by atoms with Crippen molar-refractivity contribution < 1.29 is 19.1 Å². The van der Waals surface area contributed by atoms with Crippen molar-refractivity contribution in [1.82, 2.24) is 0 Å². The summed E-state index contributed by atoms with van der Waals surface area (Å²) in [7, 11) is 0. The molecule has 1 unspecified atom stereocenters. The standard InChI is InChI=1S/C13H13BrO4/c1-3-18-13(17)10-6-4-5-9(7-15)11(10)12(16)8(2)14/h4-8H,3H2,1-2H3. The number of ketones is 1. The van der Waals surface area contributed by atoms with E-state index in [1.807, 2.05) is 0 Å². The Hall–Kier alpha value is -1.49. The van der Waals surface area contributed by atoms with Gasteiger partial charge in [-0.1, -0.05) is 28.1 Å². The highest BCUT2D eigenvalue weighted by Crippen LogP contribution is 2.19. The first-order valence-corrected chi connectivity index (χ1v) is 6.38. The van der Waals surface area contributed by atoms with Gasteiger partial charge in [-0.25, -0.2) is 4.79 Å². The number of carbonyl (C=O) groups is 3. The summed E-state index contributed by atoms with van der Waals surface area (Å²) in [4.78, 5) is 34.3. The van der Waals surface area contributed by atoms with Crippen molar-refractivity contribution in [3.63, 3.8) is 0 Å². The molecule has 0 radical (unpaired) electrons. The summed E-state index contributed by atoms with van der Waals surface area (Å²) in [5, 5.41) is 0. The van der Waals surface area contributed by atoms with E-state index in [9.17, 15) is 14.4 Å². The molecular weight excluding hydrogens is 300 g/mol. The number of Topliss-reactive ketones (excluding diaryl/α,β-unsaturated/α-hetero) is 1. The first kappa shape index (κ1) is 14.6. The van der Waals surface area contributed by atoms with Gasteiger partial charge < -0.3 is 4.74 Å². The zero-order valence-corrected chi connectivity index (χ0v) is 11.7. The molecule has 0 saturated carbocycles. The maximum atomic E-state index is 12.0. The Bertz CT molecular complexity index is 480. The molecule has 0 aliphatic heterocycles. The predicted octanol–water partition coefficient (Wildman–Crippen LogP) is 2.64. The molecule has 4 nitrogen and oxygen atoms in total. The Morgan fingerprint density at radius 3 is 2.61 bits per heavy atom. The number of benzene rings is 1. The van der Waals surface area contributed by atoms with Crippen molar-refractivity contribution in [3.8, 4) is 0 Å². The zero-order chi connectivity index (χ0) is 13.7. The summed E-state index contributed by atoms with van der Waals surface area (Å²) in [6.45, 7) is 3.52. The molecule has 96 valence electrons. The lowest BCUT2D eigenvalue weighted by molar-refractivity contribution is 0.0523. The molecule has 5 heteroatoms. The molecule has 0 spiro atoms.